The van der Waals surface area contributed by atoms with Gasteiger partial charge in [0.1, 0.15) is 0 Å². The number of amides is 6. The van der Waals surface area contributed by atoms with Crippen LogP contribution in [-0.2, 0) is 28.8 Å². The smallest absolute Gasteiger partial charge is 0.299 e. The van der Waals surface area contributed by atoms with Gasteiger partial charge in [-0.1, -0.05) is 121 Å². The minimum atomic E-state index is -0.801. The second kappa shape index (κ2) is 17.4. The first-order valence-corrected chi connectivity index (χ1v) is 22.7. The first-order valence-electron chi connectivity index (χ1n) is 22.7. The van der Waals surface area contributed by atoms with E-state index >= 15 is 0 Å². The number of benzene rings is 4. The SMILES string of the molecule is O=C(N[C@H]1C[C@@H]1c1ccccc1)[C@@H]1CN(C(=O)C#CC(=O)N2C[C@@H](C(=O)N[C@H]3C[C@@H]3c3ccccc3)[C@H](C(=O)N[C@H]3C[C@@H]3c3ccccc3)C2)C[C@H]1C(=O)N[C@H]1C[C@@H]1c1ccccc1. The summed E-state index contributed by atoms with van der Waals surface area (Å²) >= 11 is 0. The Morgan fingerprint density at radius 1 is 0.359 bits per heavy atom. The molecule has 64 heavy (non-hydrogen) atoms. The Morgan fingerprint density at radius 2 is 0.578 bits per heavy atom. The lowest BCUT2D eigenvalue weighted by atomic mass is 9.94. The minimum absolute atomic E-state index is 0.0222. The van der Waals surface area contributed by atoms with Crippen LogP contribution in [0, 0.1) is 35.5 Å². The summed E-state index contributed by atoms with van der Waals surface area (Å²) in [7, 11) is 0. The van der Waals surface area contributed by atoms with Crippen LogP contribution in [0.1, 0.15) is 71.6 Å². The molecule has 0 bridgehead atoms. The Kier molecular flexibility index (Phi) is 11.2. The lowest BCUT2D eigenvalue weighted by Gasteiger charge is -2.18. The molecule has 6 amide bonds. The molecule has 2 aliphatic heterocycles. The fourth-order valence-corrected chi connectivity index (χ4v) is 10.1. The molecule has 4 aromatic carbocycles. The van der Waals surface area contributed by atoms with E-state index in [1.807, 2.05) is 121 Å². The van der Waals surface area contributed by atoms with E-state index in [-0.39, 0.29) is 97.6 Å². The van der Waals surface area contributed by atoms with E-state index in [0.717, 1.165) is 47.9 Å². The molecule has 0 radical (unpaired) electrons. The summed E-state index contributed by atoms with van der Waals surface area (Å²) < 4.78 is 0. The van der Waals surface area contributed by atoms with Gasteiger partial charge >= 0.3 is 0 Å². The van der Waals surface area contributed by atoms with Gasteiger partial charge in [0.15, 0.2) is 0 Å². The maximum absolute atomic E-state index is 13.9. The number of likely N-dealkylation sites (tertiary alicyclic amines) is 2. The average molecular weight is 857 g/mol. The van der Waals surface area contributed by atoms with E-state index in [1.165, 1.54) is 9.80 Å². The third-order valence-electron chi connectivity index (χ3n) is 14.2. The molecule has 0 spiro atoms. The second-order valence-electron chi connectivity index (χ2n) is 18.6. The van der Waals surface area contributed by atoms with Crippen molar-refractivity contribution >= 4 is 35.4 Å². The van der Waals surface area contributed by atoms with Crippen LogP contribution in [0.3, 0.4) is 0 Å². The summed E-state index contributed by atoms with van der Waals surface area (Å²) in [6.45, 7) is -0.0888. The molecule has 12 nitrogen and oxygen atoms in total. The zero-order valence-corrected chi connectivity index (χ0v) is 35.5. The first kappa shape index (κ1) is 41.3. The van der Waals surface area contributed by atoms with Gasteiger partial charge in [-0.25, -0.2) is 0 Å². The number of nitrogens with one attached hydrogen (secondary N) is 4. The average Bonchev–Trinajstić information content (AvgIpc) is 4.26. The molecule has 12 atom stereocenters. The standard InChI is InChI=1S/C52H52N6O6/c59-47(57-27-39(49(61)53-43-23-35(43)31-13-5-1-6-14-31)40(28-57)50(62)54-44-24-36(44)32-15-7-2-8-16-32)21-22-48(60)58-29-41(51(63)55-45-25-37(45)33-17-9-3-10-18-33)42(30-58)52(64)56-46-26-38(46)34-19-11-4-12-20-34/h1-20,35-46H,23-30H2,(H,53,61)(H,54,62)(H,55,63)(H,56,64)/t35-,36-,37-,38-,39-,40-,41-,42-,43+,44+,45+,46+/m1/s1. The summed E-state index contributed by atoms with van der Waals surface area (Å²) in [6.07, 6.45) is 3.17. The number of rotatable bonds is 12. The number of hydrogen-bond donors (Lipinski definition) is 4. The van der Waals surface area contributed by atoms with Crippen molar-refractivity contribution in [3.8, 4) is 11.8 Å². The van der Waals surface area contributed by atoms with Crippen LogP contribution in [0.4, 0.5) is 0 Å². The van der Waals surface area contributed by atoms with Crippen LogP contribution in [-0.4, -0.2) is 95.6 Å². The summed E-state index contributed by atoms with van der Waals surface area (Å²) in [5, 5.41) is 12.6. The lowest BCUT2D eigenvalue weighted by Crippen LogP contribution is -2.43. The highest BCUT2D eigenvalue weighted by atomic mass is 16.2. The predicted molar refractivity (Wildman–Crippen MR) is 238 cm³/mol. The van der Waals surface area contributed by atoms with Gasteiger partial charge in [-0.15, -0.1) is 0 Å². The highest BCUT2D eigenvalue weighted by molar-refractivity contribution is 6.04. The number of nitrogens with zero attached hydrogens (tertiary/aromatic N) is 2. The van der Waals surface area contributed by atoms with Crippen molar-refractivity contribution in [1.82, 2.24) is 31.1 Å². The van der Waals surface area contributed by atoms with Crippen LogP contribution >= 0.6 is 0 Å². The molecule has 6 aliphatic rings. The maximum Gasteiger partial charge on any atom is 0.299 e. The molecule has 326 valence electrons. The van der Waals surface area contributed by atoms with Crippen molar-refractivity contribution in [2.45, 2.75) is 73.5 Å². The summed E-state index contributed by atoms with van der Waals surface area (Å²) in [6, 6.07) is 39.7. The molecule has 0 aromatic heterocycles. The molecule has 0 unspecified atom stereocenters. The predicted octanol–water partition coefficient (Wildman–Crippen LogP) is 3.83. The van der Waals surface area contributed by atoms with Gasteiger partial charge in [-0.3, -0.25) is 28.8 Å². The normalized spacial score (nSPS) is 30.5. The molecule has 6 fully saturated rings. The van der Waals surface area contributed by atoms with E-state index in [9.17, 15) is 28.8 Å². The molecule has 10 rings (SSSR count). The van der Waals surface area contributed by atoms with Gasteiger partial charge in [0, 0.05) is 85.9 Å². The molecule has 4 N–H and O–H groups in total. The van der Waals surface area contributed by atoms with E-state index in [0.29, 0.717) is 0 Å². The molecule has 4 aromatic rings. The topological polar surface area (TPSA) is 157 Å². The molecule has 12 heteroatoms. The van der Waals surface area contributed by atoms with Crippen molar-refractivity contribution in [3.63, 3.8) is 0 Å². The fourth-order valence-electron chi connectivity index (χ4n) is 10.1. The van der Waals surface area contributed by atoms with Crippen molar-refractivity contribution in [3.05, 3.63) is 144 Å². The third-order valence-corrected chi connectivity index (χ3v) is 14.2. The third kappa shape index (κ3) is 9.03. The van der Waals surface area contributed by atoms with Crippen LogP contribution in [0.2, 0.25) is 0 Å². The summed E-state index contributed by atoms with van der Waals surface area (Å²) in [5.41, 5.74) is 4.56. The van der Waals surface area contributed by atoms with Crippen molar-refractivity contribution in [2.75, 3.05) is 26.2 Å². The quantitative estimate of drug-likeness (QED) is 0.159. The van der Waals surface area contributed by atoms with Gasteiger partial charge in [-0.2, -0.15) is 0 Å². The Bertz CT molecular complexity index is 2170. The van der Waals surface area contributed by atoms with E-state index in [2.05, 4.69) is 33.1 Å². The van der Waals surface area contributed by atoms with Crippen molar-refractivity contribution in [2.24, 2.45) is 23.7 Å². The summed E-state index contributed by atoms with van der Waals surface area (Å²) in [4.78, 5) is 85.8. The highest BCUT2D eigenvalue weighted by Gasteiger charge is 2.51. The zero-order valence-electron chi connectivity index (χ0n) is 35.5. The van der Waals surface area contributed by atoms with Crippen LogP contribution in [0.5, 0.6) is 0 Å². The van der Waals surface area contributed by atoms with E-state index in [1.54, 1.807) is 0 Å². The minimum Gasteiger partial charge on any atom is -0.352 e. The highest BCUT2D eigenvalue weighted by Crippen LogP contribution is 2.44. The Morgan fingerprint density at radius 3 is 0.797 bits per heavy atom. The zero-order chi connectivity index (χ0) is 43.9. The summed E-state index contributed by atoms with van der Waals surface area (Å²) in [5.74, 6) is 0.0326. The second-order valence-corrected chi connectivity index (χ2v) is 18.6. The molecule has 2 saturated heterocycles. The van der Waals surface area contributed by atoms with Crippen LogP contribution in [0.25, 0.3) is 0 Å². The van der Waals surface area contributed by atoms with E-state index in [4.69, 9.17) is 0 Å². The lowest BCUT2D eigenvalue weighted by molar-refractivity contribution is -0.133. The van der Waals surface area contributed by atoms with E-state index < -0.39 is 35.5 Å². The van der Waals surface area contributed by atoms with Gasteiger partial charge in [0.25, 0.3) is 11.8 Å². The molecular formula is C52H52N6O6. The Balaban J connectivity index is 0.802. The Hall–Kier alpha value is -6.74. The number of carbonyl (C=O) groups is 6. The van der Waals surface area contributed by atoms with Gasteiger partial charge in [0.05, 0.1) is 23.7 Å². The number of carbonyl (C=O) groups excluding carboxylic acids is 6. The molecular weight excluding hydrogens is 805 g/mol. The Labute approximate surface area is 372 Å². The van der Waals surface area contributed by atoms with Gasteiger partial charge in [-0.05, 0) is 47.9 Å². The monoisotopic (exact) mass is 856 g/mol. The fraction of sp³-hybridized carbons (Fsp3) is 0.385. The van der Waals surface area contributed by atoms with Gasteiger partial charge < -0.3 is 31.1 Å². The molecule has 4 aliphatic carbocycles. The van der Waals surface area contributed by atoms with Crippen molar-refractivity contribution < 1.29 is 28.8 Å². The van der Waals surface area contributed by atoms with Crippen molar-refractivity contribution in [1.29, 1.82) is 0 Å². The molecule has 2 heterocycles. The largest absolute Gasteiger partial charge is 0.352 e. The van der Waals surface area contributed by atoms with Crippen LogP contribution in [0.15, 0.2) is 121 Å². The van der Waals surface area contributed by atoms with Gasteiger partial charge in [0.2, 0.25) is 23.6 Å². The first-order chi connectivity index (χ1) is 31.2. The maximum atomic E-state index is 13.9. The van der Waals surface area contributed by atoms with Crippen LogP contribution < -0.4 is 21.3 Å². The number of hydrogen-bond acceptors (Lipinski definition) is 6. The molecule has 4 saturated carbocycles.